The first-order valence-electron chi connectivity index (χ1n) is 5.43. The summed E-state index contributed by atoms with van der Waals surface area (Å²) in [6.45, 7) is 1.56. The van der Waals surface area contributed by atoms with Gasteiger partial charge in [0.1, 0.15) is 0 Å². The topological polar surface area (TPSA) is 91.7 Å². The highest BCUT2D eigenvalue weighted by atomic mass is 16.4. The molecule has 0 aromatic heterocycles. The second-order valence-electron chi connectivity index (χ2n) is 3.56. The molecule has 1 aromatic rings. The molecule has 0 aliphatic rings. The van der Waals surface area contributed by atoms with Gasteiger partial charge < -0.3 is 10.2 Å². The molecule has 1 rings (SSSR count). The van der Waals surface area contributed by atoms with Crippen molar-refractivity contribution >= 4 is 17.7 Å². The highest BCUT2D eigenvalue weighted by molar-refractivity contribution is 5.93. The molecule has 5 nitrogen and oxygen atoms in total. The fourth-order valence-corrected chi connectivity index (χ4v) is 1.06. The van der Waals surface area contributed by atoms with Crippen LogP contribution in [0.15, 0.2) is 30.3 Å². The zero-order valence-corrected chi connectivity index (χ0v) is 10.1. The molecule has 0 aliphatic carbocycles. The van der Waals surface area contributed by atoms with Crippen LogP contribution in [0.5, 0.6) is 0 Å². The molecular weight excluding hydrogens is 236 g/mol. The lowest BCUT2D eigenvalue weighted by Gasteiger charge is -1.89. The summed E-state index contributed by atoms with van der Waals surface area (Å²) < 4.78 is 0. The van der Waals surface area contributed by atoms with E-state index < -0.39 is 11.9 Å². The first kappa shape index (κ1) is 15.8. The van der Waals surface area contributed by atoms with Crippen LogP contribution >= 0.6 is 0 Å². The molecule has 2 N–H and O–H groups in total. The van der Waals surface area contributed by atoms with E-state index in [1.54, 1.807) is 6.92 Å². The van der Waals surface area contributed by atoms with E-state index in [-0.39, 0.29) is 25.0 Å². The smallest absolute Gasteiger partial charge is 0.303 e. The SMILES string of the molecule is CC(=O)c1ccccc1.O=C(O)CCCC(=O)O. The summed E-state index contributed by atoms with van der Waals surface area (Å²) in [6, 6.07) is 9.23. The fraction of sp³-hybridized carbons (Fsp3) is 0.308. The van der Waals surface area contributed by atoms with E-state index in [1.165, 1.54) is 0 Å². The van der Waals surface area contributed by atoms with E-state index in [4.69, 9.17) is 10.2 Å². The normalized spacial score (nSPS) is 8.94. The van der Waals surface area contributed by atoms with Gasteiger partial charge in [0.2, 0.25) is 0 Å². The Labute approximate surface area is 105 Å². The Hall–Kier alpha value is -2.17. The van der Waals surface area contributed by atoms with Crippen molar-refractivity contribution < 1.29 is 24.6 Å². The molecule has 1 aromatic carbocycles. The molecule has 0 atom stereocenters. The maximum absolute atomic E-state index is 10.6. The summed E-state index contributed by atoms with van der Waals surface area (Å²) in [6.07, 6.45) is 0.0866. The van der Waals surface area contributed by atoms with Crippen molar-refractivity contribution in [3.63, 3.8) is 0 Å². The van der Waals surface area contributed by atoms with E-state index >= 15 is 0 Å². The van der Waals surface area contributed by atoms with Gasteiger partial charge in [-0.05, 0) is 13.3 Å². The third kappa shape index (κ3) is 9.08. The number of hydrogen-bond acceptors (Lipinski definition) is 3. The molecule has 98 valence electrons. The molecule has 0 radical (unpaired) electrons. The van der Waals surface area contributed by atoms with Gasteiger partial charge in [0, 0.05) is 18.4 Å². The molecule has 0 saturated heterocycles. The van der Waals surface area contributed by atoms with Crippen LogP contribution in [0, 0.1) is 0 Å². The minimum absolute atomic E-state index is 0.0632. The van der Waals surface area contributed by atoms with Crippen LogP contribution < -0.4 is 0 Å². The van der Waals surface area contributed by atoms with E-state index in [0.717, 1.165) is 5.56 Å². The standard InChI is InChI=1S/C8H8O.C5H8O4/c1-7(9)8-5-3-2-4-6-8;6-4(7)2-1-3-5(8)9/h2-6H,1H3;1-3H2,(H,6,7)(H,8,9). The second-order valence-corrected chi connectivity index (χ2v) is 3.56. The lowest BCUT2D eigenvalue weighted by Crippen LogP contribution is -1.98. The molecule has 0 amide bonds. The highest BCUT2D eigenvalue weighted by Crippen LogP contribution is 1.97. The van der Waals surface area contributed by atoms with Crippen molar-refractivity contribution in [3.05, 3.63) is 35.9 Å². The van der Waals surface area contributed by atoms with Gasteiger partial charge in [-0.1, -0.05) is 30.3 Å². The Bertz CT molecular complexity index is 383. The maximum Gasteiger partial charge on any atom is 0.303 e. The van der Waals surface area contributed by atoms with Gasteiger partial charge in [-0.15, -0.1) is 0 Å². The molecular formula is C13H16O5. The van der Waals surface area contributed by atoms with E-state index in [1.807, 2.05) is 30.3 Å². The number of carbonyl (C=O) groups excluding carboxylic acids is 1. The lowest BCUT2D eigenvalue weighted by atomic mass is 10.2. The van der Waals surface area contributed by atoms with Crippen molar-refractivity contribution in [1.29, 1.82) is 0 Å². The number of aliphatic carboxylic acids is 2. The number of hydrogen-bond donors (Lipinski definition) is 2. The fourth-order valence-electron chi connectivity index (χ4n) is 1.06. The first-order valence-corrected chi connectivity index (χ1v) is 5.43. The van der Waals surface area contributed by atoms with Crippen molar-refractivity contribution in [2.75, 3.05) is 0 Å². The van der Waals surface area contributed by atoms with Crippen molar-refractivity contribution in [3.8, 4) is 0 Å². The Morgan fingerprint density at radius 2 is 1.39 bits per heavy atom. The quantitative estimate of drug-likeness (QED) is 0.784. The van der Waals surface area contributed by atoms with Gasteiger partial charge in [-0.3, -0.25) is 14.4 Å². The van der Waals surface area contributed by atoms with Crippen molar-refractivity contribution in [1.82, 2.24) is 0 Å². The van der Waals surface area contributed by atoms with Gasteiger partial charge in [0.15, 0.2) is 5.78 Å². The number of ketones is 1. The molecule has 0 bridgehead atoms. The second kappa shape index (κ2) is 8.92. The summed E-state index contributed by atoms with van der Waals surface area (Å²) in [5, 5.41) is 16.1. The minimum atomic E-state index is -0.948. The van der Waals surface area contributed by atoms with Gasteiger partial charge >= 0.3 is 11.9 Å². The van der Waals surface area contributed by atoms with E-state index in [0.29, 0.717) is 0 Å². The summed E-state index contributed by atoms with van der Waals surface area (Å²) in [5.41, 5.74) is 0.775. The number of carbonyl (C=O) groups is 3. The van der Waals surface area contributed by atoms with Crippen LogP contribution in [0.3, 0.4) is 0 Å². The molecule has 18 heavy (non-hydrogen) atoms. The Morgan fingerprint density at radius 3 is 1.67 bits per heavy atom. The molecule has 0 spiro atoms. The molecule has 0 saturated carbocycles. The lowest BCUT2D eigenvalue weighted by molar-refractivity contribution is -0.138. The maximum atomic E-state index is 10.6. The van der Waals surface area contributed by atoms with E-state index in [9.17, 15) is 14.4 Å². The third-order valence-electron chi connectivity index (χ3n) is 1.96. The van der Waals surface area contributed by atoms with Crippen LogP contribution in [-0.2, 0) is 9.59 Å². The number of carboxylic acids is 2. The first-order chi connectivity index (χ1) is 8.43. The molecule has 0 aliphatic heterocycles. The predicted octanol–water partition coefficient (Wildman–Crippen LogP) is 2.22. The monoisotopic (exact) mass is 252 g/mol. The molecule has 0 fully saturated rings. The predicted molar refractivity (Wildman–Crippen MR) is 65.6 cm³/mol. The molecule has 5 heteroatoms. The summed E-state index contributed by atoms with van der Waals surface area (Å²) in [7, 11) is 0. The van der Waals surface area contributed by atoms with E-state index in [2.05, 4.69) is 0 Å². The van der Waals surface area contributed by atoms with Gasteiger partial charge in [0.25, 0.3) is 0 Å². The van der Waals surface area contributed by atoms with Crippen LogP contribution in [0.4, 0.5) is 0 Å². The Morgan fingerprint density at radius 1 is 0.944 bits per heavy atom. The summed E-state index contributed by atoms with van der Waals surface area (Å²) in [4.78, 5) is 30.2. The highest BCUT2D eigenvalue weighted by Gasteiger charge is 1.99. The largest absolute Gasteiger partial charge is 0.481 e. The molecule has 0 unspecified atom stereocenters. The van der Waals surface area contributed by atoms with Gasteiger partial charge in [-0.25, -0.2) is 0 Å². The summed E-state index contributed by atoms with van der Waals surface area (Å²) in [5.74, 6) is -1.77. The van der Waals surface area contributed by atoms with Crippen LogP contribution in [0.2, 0.25) is 0 Å². The zero-order chi connectivity index (χ0) is 14.0. The van der Waals surface area contributed by atoms with Crippen LogP contribution in [-0.4, -0.2) is 27.9 Å². The third-order valence-corrected chi connectivity index (χ3v) is 1.96. The summed E-state index contributed by atoms with van der Waals surface area (Å²) >= 11 is 0. The van der Waals surface area contributed by atoms with Crippen molar-refractivity contribution in [2.24, 2.45) is 0 Å². The zero-order valence-electron chi connectivity index (χ0n) is 10.1. The number of benzene rings is 1. The average molecular weight is 252 g/mol. The van der Waals surface area contributed by atoms with Crippen molar-refractivity contribution in [2.45, 2.75) is 26.2 Å². The van der Waals surface area contributed by atoms with Crippen LogP contribution in [0.25, 0.3) is 0 Å². The number of Topliss-reactive ketones (excluding diaryl/α,β-unsaturated/α-hetero) is 1. The molecule has 0 heterocycles. The van der Waals surface area contributed by atoms with Crippen LogP contribution in [0.1, 0.15) is 36.5 Å². The average Bonchev–Trinajstić information content (AvgIpc) is 2.30. The Balaban J connectivity index is 0.000000321. The minimum Gasteiger partial charge on any atom is -0.481 e. The Kier molecular flexibility index (Phi) is 7.85. The van der Waals surface area contributed by atoms with Gasteiger partial charge in [-0.2, -0.15) is 0 Å². The van der Waals surface area contributed by atoms with Gasteiger partial charge in [0.05, 0.1) is 0 Å². The number of carboxylic acid groups (broad SMARTS) is 2. The number of rotatable bonds is 5.